The molecule has 4 aliphatic heterocycles. The number of hydrogen-bond donors (Lipinski definition) is 2. The second-order valence-corrected chi connectivity index (χ2v) is 11.1. The number of carbonyl (C=O) groups excluding carboxylic acids is 2. The van der Waals surface area contributed by atoms with Gasteiger partial charge in [0, 0.05) is 17.5 Å². The number of rotatable bonds is 2. The number of nitrogens with one attached hydrogen (secondary N) is 1. The minimum atomic E-state index is -0.499. The van der Waals surface area contributed by atoms with Crippen LogP contribution in [0.3, 0.4) is 0 Å². The van der Waals surface area contributed by atoms with Gasteiger partial charge in [-0.1, -0.05) is 38.1 Å². The van der Waals surface area contributed by atoms with Gasteiger partial charge in [-0.3, -0.25) is 14.5 Å². The lowest BCUT2D eigenvalue weighted by molar-refractivity contribution is -0.132. The Balaban J connectivity index is 1.45. The van der Waals surface area contributed by atoms with Crippen LogP contribution in [0.25, 0.3) is 6.08 Å². The smallest absolute Gasteiger partial charge is 0.251 e. The van der Waals surface area contributed by atoms with Gasteiger partial charge in [0.05, 0.1) is 30.7 Å². The van der Waals surface area contributed by atoms with Crippen molar-refractivity contribution in [3.05, 3.63) is 70.3 Å². The summed E-state index contributed by atoms with van der Waals surface area (Å²) in [5.74, 6) is 1.24. The van der Waals surface area contributed by atoms with Crippen LogP contribution in [0.15, 0.2) is 47.5 Å². The summed E-state index contributed by atoms with van der Waals surface area (Å²) in [5.41, 5.74) is 11.1. The van der Waals surface area contributed by atoms with Crippen LogP contribution in [0.4, 0.5) is 0 Å². The molecule has 38 heavy (non-hydrogen) atoms. The molecule has 4 heterocycles. The number of nitrogens with zero attached hydrogens (tertiary/aromatic N) is 2. The van der Waals surface area contributed by atoms with Gasteiger partial charge in [0.1, 0.15) is 5.75 Å². The number of hydrogen-bond acceptors (Lipinski definition) is 5. The number of fused-ring (bicyclic) bond motifs is 4. The summed E-state index contributed by atoms with van der Waals surface area (Å²) in [7, 11) is 0. The zero-order valence-electron chi connectivity index (χ0n) is 22.2. The molecule has 0 saturated carbocycles. The van der Waals surface area contributed by atoms with Crippen molar-refractivity contribution in [2.24, 2.45) is 10.7 Å². The SMILES string of the molecule is CC[C@H]1C[C@@H]2NC(=O)c3ccc4c(c3)[C@@H](CCO4)N3C(=O)C[C@@](CC)(CC/C=C/c4ccc1c2c4)N=C3N. The zero-order chi connectivity index (χ0) is 26.4. The number of guanidine groups is 1. The standard InChI is InChI=1S/C31H36N4O3/c1-3-20-17-25-23-15-19(8-10-22(20)23)7-5-6-13-31(4-2)18-28(36)35(30(32)34-31)26-12-14-38-27-11-9-21(16-24(26)27)29(37)33-25/h5,7-11,15-16,20,25-26H,3-4,6,12-14,17-18H2,1-2H3,(H2,32,34)(H,33,37)/b7-5+/t20-,25-,26+,31+/m0/s1. The first kappa shape index (κ1) is 24.7. The Morgan fingerprint density at radius 3 is 2.79 bits per heavy atom. The lowest BCUT2D eigenvalue weighted by Crippen LogP contribution is -2.53. The highest BCUT2D eigenvalue weighted by Gasteiger charge is 2.42. The molecule has 6 bridgehead atoms. The predicted octanol–water partition coefficient (Wildman–Crippen LogP) is 5.38. The third kappa shape index (κ3) is 4.18. The van der Waals surface area contributed by atoms with Crippen LogP contribution in [0.5, 0.6) is 5.75 Å². The van der Waals surface area contributed by atoms with Crippen molar-refractivity contribution in [1.29, 1.82) is 0 Å². The molecule has 0 aromatic heterocycles. The van der Waals surface area contributed by atoms with E-state index in [4.69, 9.17) is 15.5 Å². The van der Waals surface area contributed by atoms with E-state index in [-0.39, 0.29) is 29.9 Å². The average Bonchev–Trinajstić information content (AvgIpc) is 3.26. The molecule has 2 amide bonds. The molecule has 7 rings (SSSR count). The minimum Gasteiger partial charge on any atom is -0.493 e. The fourth-order valence-electron chi connectivity index (χ4n) is 6.72. The molecule has 7 nitrogen and oxygen atoms in total. The van der Waals surface area contributed by atoms with Crippen LogP contribution < -0.4 is 15.8 Å². The molecule has 0 saturated heterocycles. The third-order valence-corrected chi connectivity index (χ3v) is 8.93. The largest absolute Gasteiger partial charge is 0.493 e. The van der Waals surface area contributed by atoms with Gasteiger partial charge in [-0.15, -0.1) is 0 Å². The van der Waals surface area contributed by atoms with E-state index in [1.165, 1.54) is 11.1 Å². The van der Waals surface area contributed by atoms with E-state index >= 15 is 0 Å². The lowest BCUT2D eigenvalue weighted by Gasteiger charge is -2.42. The van der Waals surface area contributed by atoms with Gasteiger partial charge in [0.15, 0.2) is 5.96 Å². The molecule has 3 N–H and O–H groups in total. The van der Waals surface area contributed by atoms with E-state index in [0.29, 0.717) is 36.7 Å². The van der Waals surface area contributed by atoms with Crippen molar-refractivity contribution in [1.82, 2.24) is 10.2 Å². The fourth-order valence-corrected chi connectivity index (χ4v) is 6.72. The van der Waals surface area contributed by atoms with Crippen molar-refractivity contribution >= 4 is 23.8 Å². The maximum Gasteiger partial charge on any atom is 0.251 e. The Morgan fingerprint density at radius 1 is 1.13 bits per heavy atom. The Hall–Kier alpha value is -3.61. The monoisotopic (exact) mass is 512 g/mol. The molecular formula is C31H36N4O3. The molecule has 4 atom stereocenters. The second kappa shape index (κ2) is 9.61. The molecule has 198 valence electrons. The Bertz CT molecular complexity index is 1350. The number of carbonyl (C=O) groups is 2. The van der Waals surface area contributed by atoms with Crippen LogP contribution in [0, 0.1) is 0 Å². The third-order valence-electron chi connectivity index (χ3n) is 8.93. The van der Waals surface area contributed by atoms with Gasteiger partial charge in [0.25, 0.3) is 5.91 Å². The molecule has 0 spiro atoms. The first-order valence-corrected chi connectivity index (χ1v) is 14.0. The molecule has 7 heteroatoms. The number of nitrogens with two attached hydrogens (primary N) is 1. The van der Waals surface area contributed by atoms with Crippen LogP contribution in [-0.4, -0.2) is 34.8 Å². The Labute approximate surface area is 224 Å². The highest BCUT2D eigenvalue weighted by atomic mass is 16.5. The van der Waals surface area contributed by atoms with E-state index in [0.717, 1.165) is 43.2 Å². The second-order valence-electron chi connectivity index (χ2n) is 11.1. The van der Waals surface area contributed by atoms with Crippen molar-refractivity contribution in [2.45, 2.75) is 82.3 Å². The van der Waals surface area contributed by atoms with Gasteiger partial charge in [0.2, 0.25) is 5.91 Å². The molecule has 2 aromatic carbocycles. The maximum atomic E-state index is 13.6. The summed E-state index contributed by atoms with van der Waals surface area (Å²) in [6.45, 7) is 4.76. The zero-order valence-corrected chi connectivity index (χ0v) is 22.2. The van der Waals surface area contributed by atoms with Crippen molar-refractivity contribution < 1.29 is 14.3 Å². The van der Waals surface area contributed by atoms with Gasteiger partial charge < -0.3 is 15.8 Å². The molecule has 0 fully saturated rings. The first-order valence-electron chi connectivity index (χ1n) is 14.0. The number of benzene rings is 2. The van der Waals surface area contributed by atoms with Gasteiger partial charge >= 0.3 is 0 Å². The molecule has 2 aromatic rings. The van der Waals surface area contributed by atoms with Gasteiger partial charge in [-0.2, -0.15) is 0 Å². The van der Waals surface area contributed by atoms with Crippen LogP contribution in [0.1, 0.15) is 109 Å². The average molecular weight is 513 g/mol. The summed E-state index contributed by atoms with van der Waals surface area (Å²) in [4.78, 5) is 33.7. The van der Waals surface area contributed by atoms with E-state index in [2.05, 4.69) is 49.5 Å². The number of allylic oxidation sites excluding steroid dienone is 1. The Morgan fingerprint density at radius 2 is 2.00 bits per heavy atom. The summed E-state index contributed by atoms with van der Waals surface area (Å²) in [6.07, 6.45) is 9.47. The normalized spacial score (nSPS) is 29.2. The van der Waals surface area contributed by atoms with E-state index in [1.807, 2.05) is 12.1 Å². The van der Waals surface area contributed by atoms with Crippen molar-refractivity contribution in [3.8, 4) is 5.75 Å². The van der Waals surface area contributed by atoms with Crippen LogP contribution in [-0.2, 0) is 4.79 Å². The van der Waals surface area contributed by atoms with Crippen molar-refractivity contribution in [3.63, 3.8) is 0 Å². The molecule has 5 aliphatic rings. The highest BCUT2D eigenvalue weighted by Crippen LogP contribution is 2.44. The lowest BCUT2D eigenvalue weighted by atomic mass is 9.85. The molecule has 0 unspecified atom stereocenters. The molecule has 1 aliphatic carbocycles. The van der Waals surface area contributed by atoms with Crippen LogP contribution >= 0.6 is 0 Å². The quantitative estimate of drug-likeness (QED) is 0.564. The molecule has 0 radical (unpaired) electrons. The molecular weight excluding hydrogens is 476 g/mol. The number of ether oxygens (including phenoxy) is 1. The number of amides is 2. The van der Waals surface area contributed by atoms with Crippen molar-refractivity contribution in [2.75, 3.05) is 6.61 Å². The van der Waals surface area contributed by atoms with Gasteiger partial charge in [-0.25, -0.2) is 4.99 Å². The summed E-state index contributed by atoms with van der Waals surface area (Å²) >= 11 is 0. The van der Waals surface area contributed by atoms with E-state index in [1.54, 1.807) is 11.0 Å². The first-order chi connectivity index (χ1) is 18.4. The van der Waals surface area contributed by atoms with Gasteiger partial charge in [-0.05, 0) is 79.0 Å². The van der Waals surface area contributed by atoms with Crippen LogP contribution in [0.2, 0.25) is 0 Å². The summed E-state index contributed by atoms with van der Waals surface area (Å²) in [5, 5.41) is 3.31. The van der Waals surface area contributed by atoms with E-state index < -0.39 is 5.54 Å². The summed E-state index contributed by atoms with van der Waals surface area (Å²) in [6, 6.07) is 11.8. The highest BCUT2D eigenvalue weighted by molar-refractivity contribution is 6.00. The fraction of sp³-hybridized carbons (Fsp3) is 0.452. The van der Waals surface area contributed by atoms with E-state index in [9.17, 15) is 9.59 Å². The number of aliphatic imine (C=N–C) groups is 1. The predicted molar refractivity (Wildman–Crippen MR) is 148 cm³/mol. The minimum absolute atomic E-state index is 0.0195. The Kier molecular flexibility index (Phi) is 6.25. The maximum absolute atomic E-state index is 13.6. The topological polar surface area (TPSA) is 97.0 Å². The summed E-state index contributed by atoms with van der Waals surface area (Å²) < 4.78 is 5.92.